The summed E-state index contributed by atoms with van der Waals surface area (Å²) in [5, 5.41) is 8.68. The quantitative estimate of drug-likeness (QED) is 0.499. The zero-order valence-electron chi connectivity index (χ0n) is 12.7. The molecular weight excluding hydrogens is 288 g/mol. The molecule has 1 heterocycles. The van der Waals surface area contributed by atoms with E-state index in [1.165, 1.54) is 4.90 Å². The summed E-state index contributed by atoms with van der Waals surface area (Å²) < 4.78 is 10.1. The van der Waals surface area contributed by atoms with Gasteiger partial charge in [-0.3, -0.25) is 14.6 Å². The van der Waals surface area contributed by atoms with Crippen molar-refractivity contribution in [2.75, 3.05) is 39.5 Å². The molecule has 22 heavy (non-hydrogen) atoms. The maximum atomic E-state index is 12.4. The number of esters is 1. The second-order valence-corrected chi connectivity index (χ2v) is 4.42. The van der Waals surface area contributed by atoms with E-state index in [-0.39, 0.29) is 38.1 Å². The van der Waals surface area contributed by atoms with Crippen LogP contribution in [-0.2, 0) is 14.3 Å². The third kappa shape index (κ3) is 6.64. The van der Waals surface area contributed by atoms with E-state index in [9.17, 15) is 9.59 Å². The van der Waals surface area contributed by atoms with Crippen molar-refractivity contribution in [1.29, 1.82) is 0 Å². The molecule has 0 aromatic carbocycles. The van der Waals surface area contributed by atoms with Gasteiger partial charge in [-0.25, -0.2) is 0 Å². The van der Waals surface area contributed by atoms with Crippen molar-refractivity contribution >= 4 is 11.9 Å². The zero-order valence-corrected chi connectivity index (χ0v) is 12.7. The Morgan fingerprint density at radius 2 is 1.95 bits per heavy atom. The van der Waals surface area contributed by atoms with Gasteiger partial charge in [0.05, 0.1) is 32.8 Å². The van der Waals surface area contributed by atoms with Crippen molar-refractivity contribution in [2.45, 2.75) is 13.3 Å². The highest BCUT2D eigenvalue weighted by Gasteiger charge is 2.17. The number of rotatable bonds is 10. The number of pyridine rings is 1. The minimum atomic E-state index is -0.341. The molecule has 1 aromatic heterocycles. The van der Waals surface area contributed by atoms with E-state index < -0.39 is 0 Å². The van der Waals surface area contributed by atoms with Crippen LogP contribution in [-0.4, -0.2) is 66.4 Å². The molecule has 1 rings (SSSR count). The summed E-state index contributed by atoms with van der Waals surface area (Å²) in [6, 6.07) is 3.24. The van der Waals surface area contributed by atoms with Gasteiger partial charge in [0.25, 0.3) is 5.91 Å². The van der Waals surface area contributed by atoms with E-state index in [4.69, 9.17) is 14.6 Å². The molecule has 0 saturated carbocycles. The molecule has 1 aromatic rings. The fourth-order valence-corrected chi connectivity index (χ4v) is 1.79. The summed E-state index contributed by atoms with van der Waals surface area (Å²) in [5.41, 5.74) is 0.501. The molecule has 122 valence electrons. The van der Waals surface area contributed by atoms with Crippen LogP contribution in [0.4, 0.5) is 0 Å². The van der Waals surface area contributed by atoms with Gasteiger partial charge in [0.2, 0.25) is 0 Å². The highest BCUT2D eigenvalue weighted by atomic mass is 16.5. The van der Waals surface area contributed by atoms with Gasteiger partial charge in [0.15, 0.2) is 0 Å². The summed E-state index contributed by atoms with van der Waals surface area (Å²) in [7, 11) is 0. The van der Waals surface area contributed by atoms with Crippen LogP contribution in [0.15, 0.2) is 24.5 Å². The number of nitrogens with zero attached hydrogens (tertiary/aromatic N) is 2. The van der Waals surface area contributed by atoms with Gasteiger partial charge in [0.1, 0.15) is 0 Å². The Bertz CT molecular complexity index is 453. The Morgan fingerprint density at radius 3 is 2.59 bits per heavy atom. The Morgan fingerprint density at radius 1 is 1.23 bits per heavy atom. The number of carbonyl (C=O) groups is 2. The van der Waals surface area contributed by atoms with E-state index in [0.29, 0.717) is 25.3 Å². The van der Waals surface area contributed by atoms with Gasteiger partial charge >= 0.3 is 5.97 Å². The van der Waals surface area contributed by atoms with Gasteiger partial charge in [-0.05, 0) is 19.1 Å². The second-order valence-electron chi connectivity index (χ2n) is 4.42. The van der Waals surface area contributed by atoms with E-state index >= 15 is 0 Å². The molecule has 0 atom stereocenters. The van der Waals surface area contributed by atoms with E-state index in [0.717, 1.165) is 0 Å². The molecule has 0 saturated heterocycles. The van der Waals surface area contributed by atoms with Crippen LogP contribution in [0.3, 0.4) is 0 Å². The normalized spacial score (nSPS) is 10.3. The van der Waals surface area contributed by atoms with Crippen LogP contribution in [0.25, 0.3) is 0 Å². The van der Waals surface area contributed by atoms with E-state index in [2.05, 4.69) is 4.98 Å². The minimum absolute atomic E-state index is 0.0683. The highest BCUT2D eigenvalue weighted by Crippen LogP contribution is 2.05. The third-order valence-corrected chi connectivity index (χ3v) is 2.85. The zero-order chi connectivity index (χ0) is 16.2. The fourth-order valence-electron chi connectivity index (χ4n) is 1.79. The molecule has 1 amide bonds. The predicted octanol–water partition coefficient (Wildman–Crippen LogP) is 0.486. The first-order valence-electron chi connectivity index (χ1n) is 7.22. The molecule has 0 aliphatic carbocycles. The summed E-state index contributed by atoms with van der Waals surface area (Å²) in [5.74, 6) is -0.536. The molecule has 0 spiro atoms. The summed E-state index contributed by atoms with van der Waals surface area (Å²) >= 11 is 0. The van der Waals surface area contributed by atoms with Gasteiger partial charge in [-0.1, -0.05) is 0 Å². The molecule has 0 bridgehead atoms. The first kappa shape index (κ1) is 18.1. The Hall–Kier alpha value is -1.99. The Balaban J connectivity index is 2.60. The number of hydrogen-bond donors (Lipinski definition) is 1. The first-order valence-corrected chi connectivity index (χ1v) is 7.22. The summed E-state index contributed by atoms with van der Waals surface area (Å²) in [4.78, 5) is 29.3. The second kappa shape index (κ2) is 10.7. The number of aliphatic hydroxyl groups is 1. The van der Waals surface area contributed by atoms with Crippen molar-refractivity contribution in [2.24, 2.45) is 0 Å². The molecule has 0 fully saturated rings. The standard InChI is InChI=1S/C15H22N2O5/c1-2-22-14(19)5-8-17(9-11-21-12-10-18)15(20)13-3-6-16-7-4-13/h3-4,6-7,18H,2,5,8-12H2,1H3. The molecule has 7 nitrogen and oxygen atoms in total. The minimum Gasteiger partial charge on any atom is -0.466 e. The maximum absolute atomic E-state index is 12.4. The lowest BCUT2D eigenvalue weighted by molar-refractivity contribution is -0.143. The van der Waals surface area contributed by atoms with Crippen LogP contribution in [0.1, 0.15) is 23.7 Å². The number of ether oxygens (including phenoxy) is 2. The van der Waals surface area contributed by atoms with Crippen LogP contribution >= 0.6 is 0 Å². The first-order chi connectivity index (χ1) is 10.7. The molecule has 0 radical (unpaired) electrons. The summed E-state index contributed by atoms with van der Waals surface area (Å²) in [6.07, 6.45) is 3.21. The van der Waals surface area contributed by atoms with Gasteiger partial charge in [-0.15, -0.1) is 0 Å². The van der Waals surface area contributed by atoms with Gasteiger partial charge in [0, 0.05) is 31.0 Å². The maximum Gasteiger partial charge on any atom is 0.307 e. The number of aromatic nitrogens is 1. The van der Waals surface area contributed by atoms with Crippen molar-refractivity contribution in [3.05, 3.63) is 30.1 Å². The van der Waals surface area contributed by atoms with Crippen LogP contribution < -0.4 is 0 Å². The number of hydrogen-bond acceptors (Lipinski definition) is 6. The largest absolute Gasteiger partial charge is 0.466 e. The molecule has 1 N–H and O–H groups in total. The average Bonchev–Trinajstić information content (AvgIpc) is 2.54. The predicted molar refractivity (Wildman–Crippen MR) is 79.3 cm³/mol. The molecule has 0 unspecified atom stereocenters. The molecule has 0 aliphatic rings. The average molecular weight is 310 g/mol. The molecule has 7 heteroatoms. The molecule has 0 aliphatic heterocycles. The van der Waals surface area contributed by atoms with Gasteiger partial charge < -0.3 is 19.5 Å². The highest BCUT2D eigenvalue weighted by molar-refractivity contribution is 5.94. The Labute approximate surface area is 129 Å². The number of amides is 1. The van der Waals surface area contributed by atoms with E-state index in [1.807, 2.05) is 0 Å². The van der Waals surface area contributed by atoms with Gasteiger partial charge in [-0.2, -0.15) is 0 Å². The van der Waals surface area contributed by atoms with Crippen molar-refractivity contribution in [3.8, 4) is 0 Å². The van der Waals surface area contributed by atoms with Crippen LogP contribution in [0.5, 0.6) is 0 Å². The smallest absolute Gasteiger partial charge is 0.307 e. The summed E-state index contributed by atoms with van der Waals surface area (Å²) in [6.45, 7) is 3.08. The lowest BCUT2D eigenvalue weighted by Gasteiger charge is -2.22. The lowest BCUT2D eigenvalue weighted by Crippen LogP contribution is -2.36. The van der Waals surface area contributed by atoms with Crippen molar-refractivity contribution < 1.29 is 24.2 Å². The SMILES string of the molecule is CCOC(=O)CCN(CCOCCO)C(=O)c1ccncc1. The molecular formula is C15H22N2O5. The van der Waals surface area contributed by atoms with Crippen LogP contribution in [0.2, 0.25) is 0 Å². The van der Waals surface area contributed by atoms with Crippen molar-refractivity contribution in [1.82, 2.24) is 9.88 Å². The van der Waals surface area contributed by atoms with Crippen molar-refractivity contribution in [3.63, 3.8) is 0 Å². The Kier molecular flexibility index (Phi) is 8.78. The number of carbonyl (C=O) groups excluding carboxylic acids is 2. The topological polar surface area (TPSA) is 89.0 Å². The fraction of sp³-hybridized carbons (Fsp3) is 0.533. The van der Waals surface area contributed by atoms with E-state index in [1.54, 1.807) is 31.5 Å². The lowest BCUT2D eigenvalue weighted by atomic mass is 10.2. The third-order valence-electron chi connectivity index (χ3n) is 2.85. The van der Waals surface area contributed by atoms with Crippen LogP contribution in [0, 0.1) is 0 Å². The number of aliphatic hydroxyl groups excluding tert-OH is 1. The monoisotopic (exact) mass is 310 g/mol.